The molecule has 0 aliphatic carbocycles. The summed E-state index contributed by atoms with van der Waals surface area (Å²) in [4.78, 5) is 9.71. The molecule has 0 unspecified atom stereocenters. The van der Waals surface area contributed by atoms with Crippen molar-refractivity contribution in [3.05, 3.63) is 40.4 Å². The maximum atomic E-state index is 9.71. The highest BCUT2D eigenvalue weighted by Crippen LogP contribution is 2.09. The maximum absolute atomic E-state index is 9.71. The lowest BCUT2D eigenvalue weighted by Gasteiger charge is -1.79. The van der Waals surface area contributed by atoms with Gasteiger partial charge in [0.15, 0.2) is 5.22 Å². The number of hydrogen-bond donors (Lipinski definition) is 0. The molecule has 0 fully saturated rings. The van der Waals surface area contributed by atoms with E-state index in [9.17, 15) is 10.1 Å². The normalized spacial score (nSPS) is 10.2. The highest BCUT2D eigenvalue weighted by atomic mass is 16.7. The first-order valence-corrected chi connectivity index (χ1v) is 2.81. The standard InChI is InChI=1S/C6H4N3O2/c10-9(11)8-7-6-4-2-1-3-5-6/h2-5H. The van der Waals surface area contributed by atoms with Crippen LogP contribution in [-0.4, -0.2) is 5.03 Å². The molecule has 5 heteroatoms. The van der Waals surface area contributed by atoms with Crippen molar-refractivity contribution < 1.29 is 5.03 Å². The van der Waals surface area contributed by atoms with Gasteiger partial charge in [-0.1, -0.05) is 0 Å². The van der Waals surface area contributed by atoms with Crippen molar-refractivity contribution in [3.8, 4) is 0 Å². The third-order valence-corrected chi connectivity index (χ3v) is 0.934. The van der Waals surface area contributed by atoms with Gasteiger partial charge in [0.05, 0.1) is 10.1 Å². The van der Waals surface area contributed by atoms with Crippen LogP contribution >= 0.6 is 0 Å². The summed E-state index contributed by atoms with van der Waals surface area (Å²) >= 11 is 0. The molecule has 1 aromatic rings. The molecule has 11 heavy (non-hydrogen) atoms. The molecule has 1 aromatic carbocycles. The predicted molar refractivity (Wildman–Crippen MR) is 36.8 cm³/mol. The molecule has 0 saturated carbocycles. The van der Waals surface area contributed by atoms with E-state index in [1.54, 1.807) is 24.3 Å². The quantitative estimate of drug-likeness (QED) is 0.366. The third kappa shape index (κ3) is 2.53. The highest BCUT2D eigenvalue weighted by molar-refractivity contribution is 5.34. The van der Waals surface area contributed by atoms with Crippen molar-refractivity contribution in [1.29, 1.82) is 0 Å². The third-order valence-electron chi connectivity index (χ3n) is 0.934. The molecule has 5 nitrogen and oxygen atoms in total. The monoisotopic (exact) mass is 150 g/mol. The molecule has 0 amide bonds. The summed E-state index contributed by atoms with van der Waals surface area (Å²) in [5, 5.41) is 14.9. The Balaban J connectivity index is 2.72. The van der Waals surface area contributed by atoms with E-state index in [0.29, 0.717) is 5.69 Å². The lowest BCUT2D eigenvalue weighted by molar-refractivity contribution is -0.493. The molecule has 0 aliphatic heterocycles. The van der Waals surface area contributed by atoms with E-state index < -0.39 is 5.03 Å². The molecule has 0 aromatic heterocycles. The van der Waals surface area contributed by atoms with Crippen LogP contribution in [0.3, 0.4) is 0 Å². The fourth-order valence-electron chi connectivity index (χ4n) is 0.533. The van der Waals surface area contributed by atoms with Gasteiger partial charge in [-0.15, -0.1) is 0 Å². The molecule has 55 valence electrons. The SMILES string of the molecule is O=[N+]([O-])N=Nc1cc[c]cc1. The van der Waals surface area contributed by atoms with E-state index in [1.807, 2.05) is 0 Å². The minimum absolute atomic E-state index is 0.445. The summed E-state index contributed by atoms with van der Waals surface area (Å²) in [5.41, 5.74) is 0.445. The zero-order valence-electron chi connectivity index (χ0n) is 5.47. The van der Waals surface area contributed by atoms with Crippen molar-refractivity contribution in [2.75, 3.05) is 0 Å². The average molecular weight is 150 g/mol. The molecule has 0 spiro atoms. The van der Waals surface area contributed by atoms with E-state index in [1.165, 1.54) is 0 Å². The average Bonchev–Trinajstić information content (AvgIpc) is 2.03. The van der Waals surface area contributed by atoms with Crippen molar-refractivity contribution in [1.82, 2.24) is 0 Å². The first-order valence-electron chi connectivity index (χ1n) is 2.81. The number of hydrogen-bond acceptors (Lipinski definition) is 3. The fourth-order valence-corrected chi connectivity index (χ4v) is 0.533. The van der Waals surface area contributed by atoms with E-state index in [4.69, 9.17) is 0 Å². The van der Waals surface area contributed by atoms with E-state index >= 15 is 0 Å². The van der Waals surface area contributed by atoms with Crippen LogP contribution in [0.15, 0.2) is 34.6 Å². The number of benzene rings is 1. The summed E-state index contributed by atoms with van der Waals surface area (Å²) in [7, 11) is 0. The zero-order valence-corrected chi connectivity index (χ0v) is 5.47. The van der Waals surface area contributed by atoms with E-state index in [2.05, 4.69) is 16.4 Å². The predicted octanol–water partition coefficient (Wildman–Crippen LogP) is 1.76. The summed E-state index contributed by atoms with van der Waals surface area (Å²) in [6.45, 7) is 0. The van der Waals surface area contributed by atoms with Gasteiger partial charge in [0.1, 0.15) is 0 Å². The van der Waals surface area contributed by atoms with Crippen LogP contribution < -0.4 is 0 Å². The van der Waals surface area contributed by atoms with Crippen LogP contribution in [0, 0.1) is 16.2 Å². The largest absolute Gasteiger partial charge is 0.337 e. The van der Waals surface area contributed by atoms with E-state index in [-0.39, 0.29) is 0 Å². The fraction of sp³-hybridized carbons (Fsp3) is 0. The van der Waals surface area contributed by atoms with Crippen LogP contribution in [-0.2, 0) is 0 Å². The van der Waals surface area contributed by atoms with Gasteiger partial charge in [0, 0.05) is 0 Å². The van der Waals surface area contributed by atoms with Gasteiger partial charge in [-0.3, -0.25) is 0 Å². The Morgan fingerprint density at radius 3 is 2.64 bits per heavy atom. The Morgan fingerprint density at radius 1 is 1.45 bits per heavy atom. The lowest BCUT2D eigenvalue weighted by Crippen LogP contribution is -1.80. The molecular weight excluding hydrogens is 146 g/mol. The molecule has 0 atom stereocenters. The second-order valence-corrected chi connectivity index (χ2v) is 1.69. The van der Waals surface area contributed by atoms with Crippen molar-refractivity contribution in [2.24, 2.45) is 10.3 Å². The zero-order chi connectivity index (χ0) is 8.10. The topological polar surface area (TPSA) is 67.9 Å². The lowest BCUT2D eigenvalue weighted by atomic mass is 10.3. The summed E-state index contributed by atoms with van der Waals surface area (Å²) < 4.78 is 0. The molecule has 0 aliphatic rings. The van der Waals surface area contributed by atoms with Crippen molar-refractivity contribution in [2.45, 2.75) is 0 Å². The van der Waals surface area contributed by atoms with Gasteiger partial charge in [0.25, 0.3) is 0 Å². The van der Waals surface area contributed by atoms with Crippen LogP contribution in [0.5, 0.6) is 0 Å². The molecular formula is C6H4N3O2. The Morgan fingerprint density at radius 2 is 2.09 bits per heavy atom. The second-order valence-electron chi connectivity index (χ2n) is 1.69. The van der Waals surface area contributed by atoms with Crippen molar-refractivity contribution >= 4 is 5.69 Å². The minimum atomic E-state index is -0.850. The molecule has 1 radical (unpaired) electrons. The van der Waals surface area contributed by atoms with Gasteiger partial charge in [-0.25, -0.2) is 0 Å². The van der Waals surface area contributed by atoms with Gasteiger partial charge >= 0.3 is 0 Å². The second kappa shape index (κ2) is 3.40. The molecule has 1 rings (SSSR count). The van der Waals surface area contributed by atoms with Crippen LogP contribution in [0.25, 0.3) is 0 Å². The number of rotatable bonds is 2. The summed E-state index contributed by atoms with van der Waals surface area (Å²) in [5.74, 6) is 0. The van der Waals surface area contributed by atoms with Gasteiger partial charge in [-0.2, -0.15) is 0 Å². The summed E-state index contributed by atoms with van der Waals surface area (Å²) in [6.07, 6.45) is 0. The first kappa shape index (κ1) is 7.33. The van der Waals surface area contributed by atoms with Crippen molar-refractivity contribution in [3.63, 3.8) is 0 Å². The Bertz CT molecular complexity index is 270. The first-order chi connectivity index (χ1) is 5.29. The Kier molecular flexibility index (Phi) is 2.27. The molecule has 0 saturated heterocycles. The van der Waals surface area contributed by atoms with E-state index in [0.717, 1.165) is 0 Å². The molecule has 0 N–H and O–H groups in total. The molecule has 0 heterocycles. The number of nitrogens with zero attached hydrogens (tertiary/aromatic N) is 3. The molecule has 0 bridgehead atoms. The maximum Gasteiger partial charge on any atom is 0.203 e. The smallest absolute Gasteiger partial charge is 0.203 e. The van der Waals surface area contributed by atoms with Gasteiger partial charge in [-0.05, 0) is 30.3 Å². The van der Waals surface area contributed by atoms with Gasteiger partial charge in [0.2, 0.25) is 5.69 Å². The Hall–Kier alpha value is -1.78. The van der Waals surface area contributed by atoms with Crippen LogP contribution in [0.2, 0.25) is 0 Å². The highest BCUT2D eigenvalue weighted by Gasteiger charge is 1.93. The Labute approximate surface area is 62.5 Å². The minimum Gasteiger partial charge on any atom is -0.337 e. The van der Waals surface area contributed by atoms with Crippen LogP contribution in [0.1, 0.15) is 0 Å². The number of nitro groups is 1. The van der Waals surface area contributed by atoms with Gasteiger partial charge < -0.3 is 10.1 Å². The summed E-state index contributed by atoms with van der Waals surface area (Å²) in [6, 6.07) is 9.11. The van der Waals surface area contributed by atoms with Crippen LogP contribution in [0.4, 0.5) is 5.69 Å².